The number of nitrogens with one attached hydrogen (secondary N) is 2. The van der Waals surface area contributed by atoms with Gasteiger partial charge in [-0.3, -0.25) is 9.89 Å². The van der Waals surface area contributed by atoms with Gasteiger partial charge >= 0.3 is 0 Å². The number of carbonyl (C=O) groups excluding carboxylic acids is 1. The number of benzene rings is 2. The second-order valence-electron chi connectivity index (χ2n) is 7.58. The Labute approximate surface area is 165 Å². The molecule has 1 saturated heterocycles. The minimum absolute atomic E-state index is 0.0997. The number of hydrogen-bond donors (Lipinski definition) is 2. The molecule has 2 aromatic carbocycles. The normalized spacial score (nSPS) is 16.6. The first kappa shape index (κ1) is 18.4. The molecule has 3 aromatic rings. The van der Waals surface area contributed by atoms with Crippen LogP contribution in [0, 0.1) is 0 Å². The van der Waals surface area contributed by atoms with Crippen molar-refractivity contribution in [3.05, 3.63) is 78.0 Å². The lowest BCUT2D eigenvalue weighted by atomic mass is 9.72. The van der Waals surface area contributed by atoms with Gasteiger partial charge in [-0.15, -0.1) is 0 Å². The van der Waals surface area contributed by atoms with Gasteiger partial charge in [0.25, 0.3) is 0 Å². The zero-order valence-corrected chi connectivity index (χ0v) is 16.2. The first-order valence-electron chi connectivity index (χ1n) is 9.79. The molecule has 4 rings (SSSR count). The van der Waals surface area contributed by atoms with E-state index in [2.05, 4.69) is 39.6 Å². The Bertz CT molecular complexity index is 912. The number of aromatic amines is 1. The van der Waals surface area contributed by atoms with Crippen LogP contribution in [0.2, 0.25) is 0 Å². The SMILES string of the molecule is CN1CCC(C(=O)NCc2cc(-c3ccccc3)n[nH]2)(c2ccccc2)CC1. The van der Waals surface area contributed by atoms with Crippen LogP contribution in [0.5, 0.6) is 0 Å². The molecule has 0 unspecified atom stereocenters. The van der Waals surface area contributed by atoms with Crippen LogP contribution in [0.3, 0.4) is 0 Å². The van der Waals surface area contributed by atoms with Crippen LogP contribution < -0.4 is 5.32 Å². The number of carbonyl (C=O) groups is 1. The monoisotopic (exact) mass is 374 g/mol. The second-order valence-corrected chi connectivity index (χ2v) is 7.58. The molecule has 28 heavy (non-hydrogen) atoms. The van der Waals surface area contributed by atoms with Crippen molar-refractivity contribution in [3.63, 3.8) is 0 Å². The standard InChI is InChI=1S/C23H26N4O/c1-27-14-12-23(13-15-27,19-10-6-3-7-11-19)22(28)24-17-20-16-21(26-25-20)18-8-4-2-5-9-18/h2-11,16H,12-15,17H2,1H3,(H,24,28)(H,25,26). The molecule has 0 atom stereocenters. The summed E-state index contributed by atoms with van der Waals surface area (Å²) in [6.07, 6.45) is 1.66. The molecule has 0 spiro atoms. The van der Waals surface area contributed by atoms with Crippen LogP contribution in [0.15, 0.2) is 66.7 Å². The third-order valence-electron chi connectivity index (χ3n) is 5.74. The van der Waals surface area contributed by atoms with E-state index in [0.717, 1.165) is 48.4 Å². The molecule has 2 N–H and O–H groups in total. The summed E-state index contributed by atoms with van der Waals surface area (Å²) in [5, 5.41) is 10.6. The number of amides is 1. The third-order valence-corrected chi connectivity index (χ3v) is 5.74. The first-order chi connectivity index (χ1) is 13.7. The van der Waals surface area contributed by atoms with Crippen molar-refractivity contribution >= 4 is 5.91 Å². The largest absolute Gasteiger partial charge is 0.350 e. The fourth-order valence-electron chi connectivity index (χ4n) is 3.96. The Kier molecular flexibility index (Phi) is 5.26. The number of piperidine rings is 1. The van der Waals surface area contributed by atoms with Crippen LogP contribution >= 0.6 is 0 Å². The van der Waals surface area contributed by atoms with Gasteiger partial charge in [-0.2, -0.15) is 5.10 Å². The molecule has 1 aromatic heterocycles. The molecule has 1 fully saturated rings. The van der Waals surface area contributed by atoms with Gasteiger partial charge in [0.2, 0.25) is 5.91 Å². The maximum Gasteiger partial charge on any atom is 0.231 e. The fourth-order valence-corrected chi connectivity index (χ4v) is 3.96. The Morgan fingerprint density at radius 1 is 1.07 bits per heavy atom. The van der Waals surface area contributed by atoms with Gasteiger partial charge in [0.15, 0.2) is 0 Å². The average Bonchev–Trinajstić information content (AvgIpc) is 3.23. The maximum atomic E-state index is 13.3. The third kappa shape index (κ3) is 3.71. The number of rotatable bonds is 5. The molecule has 1 aliphatic rings. The molecule has 2 heterocycles. The summed E-state index contributed by atoms with van der Waals surface area (Å²) in [4.78, 5) is 15.6. The van der Waals surface area contributed by atoms with Crippen molar-refractivity contribution in [2.24, 2.45) is 0 Å². The van der Waals surface area contributed by atoms with E-state index >= 15 is 0 Å². The topological polar surface area (TPSA) is 61.0 Å². The Morgan fingerprint density at radius 3 is 2.39 bits per heavy atom. The van der Waals surface area contributed by atoms with Crippen molar-refractivity contribution < 1.29 is 4.79 Å². The van der Waals surface area contributed by atoms with Crippen molar-refractivity contribution in [1.82, 2.24) is 20.4 Å². The van der Waals surface area contributed by atoms with Crippen molar-refractivity contribution in [1.29, 1.82) is 0 Å². The van der Waals surface area contributed by atoms with Gasteiger partial charge in [0, 0.05) is 5.56 Å². The molecule has 1 aliphatic heterocycles. The number of likely N-dealkylation sites (tertiary alicyclic amines) is 1. The van der Waals surface area contributed by atoms with Gasteiger partial charge in [0.1, 0.15) is 0 Å². The van der Waals surface area contributed by atoms with E-state index in [4.69, 9.17) is 0 Å². The minimum Gasteiger partial charge on any atom is -0.350 e. The van der Waals surface area contributed by atoms with Gasteiger partial charge in [-0.1, -0.05) is 60.7 Å². The number of hydrogen-bond acceptors (Lipinski definition) is 3. The summed E-state index contributed by atoms with van der Waals surface area (Å²) in [5.41, 5.74) is 3.50. The van der Waals surface area contributed by atoms with E-state index in [-0.39, 0.29) is 5.91 Å². The van der Waals surface area contributed by atoms with E-state index in [1.807, 2.05) is 54.6 Å². The molecule has 0 saturated carbocycles. The van der Waals surface area contributed by atoms with Gasteiger partial charge in [-0.05, 0) is 44.6 Å². The maximum absolute atomic E-state index is 13.3. The van der Waals surface area contributed by atoms with Crippen LogP contribution in [0.4, 0.5) is 0 Å². The summed E-state index contributed by atoms with van der Waals surface area (Å²) < 4.78 is 0. The van der Waals surface area contributed by atoms with Crippen molar-refractivity contribution in [2.45, 2.75) is 24.8 Å². The zero-order chi connectivity index (χ0) is 19.4. The summed E-state index contributed by atoms with van der Waals surface area (Å²) in [6.45, 7) is 2.29. The van der Waals surface area contributed by atoms with E-state index < -0.39 is 5.41 Å². The minimum atomic E-state index is -0.462. The van der Waals surface area contributed by atoms with E-state index in [0.29, 0.717) is 6.54 Å². The molecule has 5 heteroatoms. The van der Waals surface area contributed by atoms with Crippen LogP contribution in [-0.2, 0) is 16.8 Å². The molecule has 5 nitrogen and oxygen atoms in total. The van der Waals surface area contributed by atoms with E-state index in [9.17, 15) is 4.79 Å². The van der Waals surface area contributed by atoms with Crippen LogP contribution in [0.1, 0.15) is 24.1 Å². The highest BCUT2D eigenvalue weighted by atomic mass is 16.2. The summed E-state index contributed by atoms with van der Waals surface area (Å²) in [5.74, 6) is 0.0997. The van der Waals surface area contributed by atoms with Gasteiger partial charge in [0.05, 0.1) is 23.3 Å². The Hall–Kier alpha value is -2.92. The van der Waals surface area contributed by atoms with Crippen molar-refractivity contribution in [3.8, 4) is 11.3 Å². The molecular weight excluding hydrogens is 348 g/mol. The van der Waals surface area contributed by atoms with Crippen LogP contribution in [-0.4, -0.2) is 41.1 Å². The lowest BCUT2D eigenvalue weighted by molar-refractivity contribution is -0.128. The Balaban J connectivity index is 1.49. The van der Waals surface area contributed by atoms with Gasteiger partial charge < -0.3 is 10.2 Å². The summed E-state index contributed by atoms with van der Waals surface area (Å²) >= 11 is 0. The quantitative estimate of drug-likeness (QED) is 0.720. The lowest BCUT2D eigenvalue weighted by Crippen LogP contribution is -2.50. The highest BCUT2D eigenvalue weighted by Crippen LogP contribution is 2.35. The van der Waals surface area contributed by atoms with Crippen molar-refractivity contribution in [2.75, 3.05) is 20.1 Å². The summed E-state index contributed by atoms with van der Waals surface area (Å²) in [7, 11) is 2.11. The zero-order valence-electron chi connectivity index (χ0n) is 16.2. The molecule has 0 aliphatic carbocycles. The number of H-pyrrole nitrogens is 1. The van der Waals surface area contributed by atoms with Crippen LogP contribution in [0.25, 0.3) is 11.3 Å². The Morgan fingerprint density at radius 2 is 1.71 bits per heavy atom. The molecule has 1 amide bonds. The number of nitrogens with zero attached hydrogens (tertiary/aromatic N) is 2. The van der Waals surface area contributed by atoms with Gasteiger partial charge in [-0.25, -0.2) is 0 Å². The smallest absolute Gasteiger partial charge is 0.231 e. The predicted molar refractivity (Wildman–Crippen MR) is 111 cm³/mol. The number of aromatic nitrogens is 2. The van der Waals surface area contributed by atoms with E-state index in [1.54, 1.807) is 0 Å². The second kappa shape index (κ2) is 7.98. The predicted octanol–water partition coefficient (Wildman–Crippen LogP) is 3.36. The molecule has 144 valence electrons. The lowest BCUT2D eigenvalue weighted by Gasteiger charge is -2.39. The first-order valence-corrected chi connectivity index (χ1v) is 9.79. The molecule has 0 bridgehead atoms. The highest BCUT2D eigenvalue weighted by molar-refractivity contribution is 5.88. The average molecular weight is 374 g/mol. The highest BCUT2D eigenvalue weighted by Gasteiger charge is 2.42. The summed E-state index contributed by atoms with van der Waals surface area (Å²) in [6, 6.07) is 22.2. The fraction of sp³-hybridized carbons (Fsp3) is 0.304. The molecule has 0 radical (unpaired) electrons. The van der Waals surface area contributed by atoms with E-state index in [1.165, 1.54) is 0 Å². The molecular formula is C23H26N4O.